The van der Waals surface area contributed by atoms with E-state index in [9.17, 15) is 4.79 Å². The van der Waals surface area contributed by atoms with Gasteiger partial charge in [0.15, 0.2) is 0 Å². The third-order valence-corrected chi connectivity index (χ3v) is 4.50. The number of carbonyl (C=O) groups is 1. The van der Waals surface area contributed by atoms with Crippen molar-refractivity contribution < 1.29 is 9.53 Å². The molecule has 1 aromatic carbocycles. The van der Waals surface area contributed by atoms with E-state index in [4.69, 9.17) is 16.3 Å². The molecule has 0 unspecified atom stereocenters. The lowest BCUT2D eigenvalue weighted by Gasteiger charge is -2.27. The fourth-order valence-corrected chi connectivity index (χ4v) is 3.20. The number of aryl methyl sites for hydroxylation is 2. The van der Waals surface area contributed by atoms with Crippen LogP contribution in [0.2, 0.25) is 0 Å². The van der Waals surface area contributed by atoms with Gasteiger partial charge in [0, 0.05) is 31.2 Å². The number of halogens is 1. The van der Waals surface area contributed by atoms with Crippen LogP contribution >= 0.6 is 11.6 Å². The Balaban J connectivity index is 1.74. The Labute approximate surface area is 146 Å². The number of ether oxygens (including phenoxy) is 1. The number of hydrogen-bond donors (Lipinski definition) is 1. The number of benzene rings is 1. The molecule has 0 radical (unpaired) electrons. The minimum absolute atomic E-state index is 0.0846. The number of imidazole rings is 1. The van der Waals surface area contributed by atoms with Gasteiger partial charge in [-0.25, -0.2) is 9.78 Å². The van der Waals surface area contributed by atoms with Crippen LogP contribution < -0.4 is 5.32 Å². The zero-order valence-electron chi connectivity index (χ0n) is 13.9. The molecule has 7 heteroatoms. The minimum Gasteiger partial charge on any atom is -0.378 e. The number of fused-ring (bicyclic) bond motifs is 1. The number of morpholine rings is 1. The zero-order valence-corrected chi connectivity index (χ0v) is 14.7. The Morgan fingerprint density at radius 3 is 2.88 bits per heavy atom. The number of nitrogens with one attached hydrogen (secondary N) is 1. The van der Waals surface area contributed by atoms with Crippen LogP contribution in [0.5, 0.6) is 0 Å². The van der Waals surface area contributed by atoms with Crippen LogP contribution in [0.15, 0.2) is 18.5 Å². The lowest BCUT2D eigenvalue weighted by atomic mass is 10.1. The Bertz CT molecular complexity index is 710. The number of amides is 2. The van der Waals surface area contributed by atoms with Crippen LogP contribution in [0.1, 0.15) is 18.4 Å². The Morgan fingerprint density at radius 2 is 2.12 bits per heavy atom. The first kappa shape index (κ1) is 17.0. The molecule has 1 fully saturated rings. The molecule has 0 spiro atoms. The van der Waals surface area contributed by atoms with Crippen LogP contribution in [0.3, 0.4) is 0 Å². The van der Waals surface area contributed by atoms with Crippen LogP contribution in [0.25, 0.3) is 11.0 Å². The van der Waals surface area contributed by atoms with Crippen molar-refractivity contribution in [2.45, 2.75) is 26.3 Å². The van der Waals surface area contributed by atoms with Crippen molar-refractivity contribution in [2.75, 3.05) is 37.5 Å². The number of unbranched alkanes of at least 4 members (excludes halogenated alkanes) is 1. The van der Waals surface area contributed by atoms with Crippen LogP contribution in [-0.4, -0.2) is 52.7 Å². The molecule has 24 heavy (non-hydrogen) atoms. The summed E-state index contributed by atoms with van der Waals surface area (Å²) in [6.45, 7) is 5.40. The maximum Gasteiger partial charge on any atom is 0.322 e. The second-order valence-electron chi connectivity index (χ2n) is 6.02. The van der Waals surface area contributed by atoms with E-state index in [0.717, 1.165) is 41.7 Å². The number of anilines is 1. The van der Waals surface area contributed by atoms with E-state index in [-0.39, 0.29) is 6.03 Å². The second-order valence-corrected chi connectivity index (χ2v) is 6.40. The maximum absolute atomic E-state index is 12.3. The molecule has 2 amide bonds. The predicted octanol–water partition coefficient (Wildman–Crippen LogP) is 3.23. The average Bonchev–Trinajstić information content (AvgIpc) is 2.99. The number of nitrogens with zero attached hydrogens (tertiary/aromatic N) is 3. The average molecular weight is 351 g/mol. The molecule has 0 bridgehead atoms. The fraction of sp³-hybridized carbons (Fsp3) is 0.529. The van der Waals surface area contributed by atoms with Crippen molar-refractivity contribution in [2.24, 2.45) is 0 Å². The number of hydrogen-bond acceptors (Lipinski definition) is 3. The summed E-state index contributed by atoms with van der Waals surface area (Å²) in [5, 5.41) is 2.97. The molecule has 1 aliphatic heterocycles. The number of carbonyl (C=O) groups excluding carboxylic acids is 1. The van der Waals surface area contributed by atoms with E-state index in [0.29, 0.717) is 32.2 Å². The van der Waals surface area contributed by atoms with Gasteiger partial charge in [-0.1, -0.05) is 0 Å². The first-order valence-corrected chi connectivity index (χ1v) is 8.87. The molecule has 2 heterocycles. The summed E-state index contributed by atoms with van der Waals surface area (Å²) < 4.78 is 7.43. The molecule has 1 aromatic heterocycles. The van der Waals surface area contributed by atoms with Gasteiger partial charge in [-0.3, -0.25) is 0 Å². The highest BCUT2D eigenvalue weighted by Crippen LogP contribution is 2.23. The van der Waals surface area contributed by atoms with Gasteiger partial charge in [0.05, 0.1) is 30.6 Å². The fourth-order valence-electron chi connectivity index (χ4n) is 3.01. The van der Waals surface area contributed by atoms with Crippen LogP contribution in [-0.2, 0) is 11.3 Å². The molecular weight excluding hydrogens is 328 g/mol. The zero-order chi connectivity index (χ0) is 16.9. The molecule has 3 rings (SSSR count). The predicted molar refractivity (Wildman–Crippen MR) is 95.8 cm³/mol. The maximum atomic E-state index is 12.3. The van der Waals surface area contributed by atoms with Crippen molar-refractivity contribution in [3.63, 3.8) is 0 Å². The molecule has 2 aromatic rings. The van der Waals surface area contributed by atoms with Crippen molar-refractivity contribution in [1.82, 2.24) is 14.5 Å². The summed E-state index contributed by atoms with van der Waals surface area (Å²) in [6.07, 6.45) is 3.89. The number of rotatable bonds is 5. The summed E-state index contributed by atoms with van der Waals surface area (Å²) in [6, 6.07) is 3.85. The lowest BCUT2D eigenvalue weighted by Crippen LogP contribution is -2.43. The van der Waals surface area contributed by atoms with Gasteiger partial charge < -0.3 is 19.5 Å². The normalized spacial score (nSPS) is 15.0. The number of urea groups is 1. The Hall–Kier alpha value is -1.79. The SMILES string of the molecule is Cc1cc(NC(=O)N2CCOCC2)cc2ncn(CCCCCl)c12. The van der Waals surface area contributed by atoms with Crippen molar-refractivity contribution in [3.8, 4) is 0 Å². The topological polar surface area (TPSA) is 59.4 Å². The Kier molecular flexibility index (Phi) is 5.58. The molecule has 1 aliphatic rings. The minimum atomic E-state index is -0.0846. The van der Waals surface area contributed by atoms with E-state index >= 15 is 0 Å². The monoisotopic (exact) mass is 350 g/mol. The van der Waals surface area contributed by atoms with Gasteiger partial charge in [-0.05, 0) is 37.5 Å². The van der Waals surface area contributed by atoms with Crippen LogP contribution in [0.4, 0.5) is 10.5 Å². The highest BCUT2D eigenvalue weighted by Gasteiger charge is 2.17. The van der Waals surface area contributed by atoms with Crippen molar-refractivity contribution >= 4 is 34.4 Å². The summed E-state index contributed by atoms with van der Waals surface area (Å²) in [7, 11) is 0. The van der Waals surface area contributed by atoms with Gasteiger partial charge in [0.1, 0.15) is 0 Å². The van der Waals surface area contributed by atoms with E-state index < -0.39 is 0 Å². The summed E-state index contributed by atoms with van der Waals surface area (Å²) in [5.41, 5.74) is 3.91. The third kappa shape index (κ3) is 3.82. The van der Waals surface area contributed by atoms with E-state index in [2.05, 4.69) is 14.9 Å². The number of aromatic nitrogens is 2. The first-order valence-electron chi connectivity index (χ1n) is 8.34. The summed E-state index contributed by atoms with van der Waals surface area (Å²) in [4.78, 5) is 18.6. The van der Waals surface area contributed by atoms with E-state index in [1.54, 1.807) is 4.90 Å². The quantitative estimate of drug-likeness (QED) is 0.665. The van der Waals surface area contributed by atoms with Gasteiger partial charge >= 0.3 is 6.03 Å². The molecule has 0 atom stereocenters. The van der Waals surface area contributed by atoms with Gasteiger partial charge in [-0.2, -0.15) is 0 Å². The first-order chi connectivity index (χ1) is 11.7. The van der Waals surface area contributed by atoms with Gasteiger partial charge in [0.2, 0.25) is 0 Å². The van der Waals surface area contributed by atoms with Crippen LogP contribution in [0, 0.1) is 6.92 Å². The van der Waals surface area contributed by atoms with Crippen molar-refractivity contribution in [3.05, 3.63) is 24.0 Å². The van der Waals surface area contributed by atoms with E-state index in [1.807, 2.05) is 25.4 Å². The number of alkyl halides is 1. The molecule has 0 aliphatic carbocycles. The molecule has 0 saturated carbocycles. The highest BCUT2D eigenvalue weighted by molar-refractivity contribution is 6.17. The van der Waals surface area contributed by atoms with Gasteiger partial charge in [-0.15, -0.1) is 11.6 Å². The van der Waals surface area contributed by atoms with Crippen molar-refractivity contribution in [1.29, 1.82) is 0 Å². The van der Waals surface area contributed by atoms with E-state index in [1.165, 1.54) is 0 Å². The second kappa shape index (κ2) is 7.85. The molecule has 6 nitrogen and oxygen atoms in total. The summed E-state index contributed by atoms with van der Waals surface area (Å²) >= 11 is 5.75. The summed E-state index contributed by atoms with van der Waals surface area (Å²) in [5.74, 6) is 0.684. The van der Waals surface area contributed by atoms with Gasteiger partial charge in [0.25, 0.3) is 0 Å². The molecular formula is C17H23ClN4O2. The Morgan fingerprint density at radius 1 is 1.33 bits per heavy atom. The third-order valence-electron chi connectivity index (χ3n) is 4.24. The standard InChI is InChI=1S/C17H23ClN4O2/c1-13-10-14(20-17(23)21-6-8-24-9-7-21)11-15-16(13)22(12-19-15)5-3-2-4-18/h10-12H,2-9H2,1H3,(H,20,23). The smallest absolute Gasteiger partial charge is 0.322 e. The lowest BCUT2D eigenvalue weighted by molar-refractivity contribution is 0.0564. The largest absolute Gasteiger partial charge is 0.378 e. The molecule has 130 valence electrons. The molecule has 1 saturated heterocycles. The molecule has 1 N–H and O–H groups in total. The highest BCUT2D eigenvalue weighted by atomic mass is 35.5.